The number of para-hydroxylation sites is 2. The number of anilines is 1. The Morgan fingerprint density at radius 2 is 1.97 bits per heavy atom. The number of allylic oxidation sites excluding steroid dienone is 1. The predicted molar refractivity (Wildman–Crippen MR) is 126 cm³/mol. The molecule has 4 aromatic rings. The number of nitrogens with one attached hydrogen (secondary N) is 1. The maximum Gasteiger partial charge on any atom is 0.209 e. The zero-order valence-corrected chi connectivity index (χ0v) is 18.6. The summed E-state index contributed by atoms with van der Waals surface area (Å²) in [6, 6.07) is 22.4. The van der Waals surface area contributed by atoms with Crippen molar-refractivity contribution in [2.24, 2.45) is 0 Å². The van der Waals surface area contributed by atoms with Crippen molar-refractivity contribution in [1.82, 2.24) is 9.55 Å². The second-order valence-corrected chi connectivity index (χ2v) is 8.40. The van der Waals surface area contributed by atoms with Crippen molar-refractivity contribution >= 4 is 50.2 Å². The summed E-state index contributed by atoms with van der Waals surface area (Å²) in [4.78, 5) is 4.84. The van der Waals surface area contributed by atoms with Crippen molar-refractivity contribution in [3.05, 3.63) is 93.4 Å². The van der Waals surface area contributed by atoms with Crippen LogP contribution in [-0.4, -0.2) is 16.2 Å². The highest BCUT2D eigenvalue weighted by molar-refractivity contribution is 9.10. The summed E-state index contributed by atoms with van der Waals surface area (Å²) < 4.78 is 8.86. The third-order valence-electron chi connectivity index (χ3n) is 5.18. The average molecular weight is 481 g/mol. The molecule has 0 aliphatic carbocycles. The van der Waals surface area contributed by atoms with Gasteiger partial charge in [-0.05, 0) is 66.6 Å². The van der Waals surface area contributed by atoms with E-state index in [1.54, 1.807) is 0 Å². The fraction of sp³-hybridized carbons (Fsp3) is 0.125. The smallest absolute Gasteiger partial charge is 0.209 e. The van der Waals surface area contributed by atoms with Crippen LogP contribution in [0.1, 0.15) is 24.1 Å². The number of aromatic nitrogens is 2. The van der Waals surface area contributed by atoms with Crippen molar-refractivity contribution in [3.63, 3.8) is 0 Å². The minimum Gasteiger partial charge on any atom is -0.492 e. The van der Waals surface area contributed by atoms with Crippen LogP contribution in [0.3, 0.4) is 0 Å². The molecule has 0 radical (unpaired) electrons. The Bertz CT molecular complexity index is 1280. The summed E-state index contributed by atoms with van der Waals surface area (Å²) in [6.07, 6.45) is 2.22. The van der Waals surface area contributed by atoms with E-state index in [0.29, 0.717) is 17.4 Å². The van der Waals surface area contributed by atoms with Crippen LogP contribution in [0.15, 0.2) is 77.3 Å². The van der Waals surface area contributed by atoms with Crippen LogP contribution in [0.4, 0.5) is 5.95 Å². The lowest BCUT2D eigenvalue weighted by molar-refractivity contribution is 0.340. The van der Waals surface area contributed by atoms with Gasteiger partial charge in [0, 0.05) is 10.2 Å². The van der Waals surface area contributed by atoms with E-state index < -0.39 is 0 Å². The number of imidazole rings is 1. The molecule has 5 rings (SSSR count). The van der Waals surface area contributed by atoms with Gasteiger partial charge in [-0.3, -0.25) is 4.57 Å². The van der Waals surface area contributed by atoms with E-state index in [4.69, 9.17) is 21.3 Å². The molecule has 0 saturated carbocycles. The summed E-state index contributed by atoms with van der Waals surface area (Å²) >= 11 is 10.1. The monoisotopic (exact) mass is 479 g/mol. The molecule has 1 N–H and O–H groups in total. The molecule has 0 fully saturated rings. The van der Waals surface area contributed by atoms with E-state index >= 15 is 0 Å². The lowest BCUT2D eigenvalue weighted by Crippen LogP contribution is -2.19. The number of halogens is 2. The minimum atomic E-state index is -0.00788. The molecule has 0 unspecified atom stereocenters. The molecular weight excluding hydrogens is 462 g/mol. The van der Waals surface area contributed by atoms with E-state index in [-0.39, 0.29) is 6.04 Å². The van der Waals surface area contributed by atoms with Crippen LogP contribution < -0.4 is 10.1 Å². The summed E-state index contributed by atoms with van der Waals surface area (Å²) in [6.45, 7) is 2.53. The second kappa shape index (κ2) is 7.82. The van der Waals surface area contributed by atoms with Crippen LogP contribution in [0.25, 0.3) is 16.7 Å². The fourth-order valence-electron chi connectivity index (χ4n) is 3.85. The molecule has 150 valence electrons. The maximum atomic E-state index is 6.46. The van der Waals surface area contributed by atoms with Gasteiger partial charge in [0.15, 0.2) is 0 Å². The summed E-state index contributed by atoms with van der Waals surface area (Å²) in [5.74, 6) is 1.50. The topological polar surface area (TPSA) is 39.1 Å². The van der Waals surface area contributed by atoms with Gasteiger partial charge in [0.2, 0.25) is 5.95 Å². The number of rotatable bonds is 4. The normalized spacial score (nSPS) is 15.4. The second-order valence-electron chi connectivity index (χ2n) is 7.08. The number of hydrogen-bond donors (Lipinski definition) is 1. The molecule has 0 amide bonds. The van der Waals surface area contributed by atoms with Crippen LogP contribution >= 0.6 is 27.5 Å². The standard InChI is InChI=1S/C24H19BrClN3O/c1-2-30-23-11-10-15(13-18(23)26)20-14-22(16-6-5-7-17(25)12-16)29-21-9-4-3-8-19(21)27-24(29)28-20/h3-14,22H,2H2,1H3,(H,27,28)/t22-/m0/s1. The third kappa shape index (κ3) is 3.38. The van der Waals surface area contributed by atoms with Crippen molar-refractivity contribution in [3.8, 4) is 5.75 Å². The summed E-state index contributed by atoms with van der Waals surface area (Å²) in [5, 5.41) is 4.09. The van der Waals surface area contributed by atoms with Crippen molar-refractivity contribution in [2.75, 3.05) is 11.9 Å². The molecule has 1 aliphatic rings. The zero-order chi connectivity index (χ0) is 20.7. The van der Waals surface area contributed by atoms with Crippen LogP contribution in [0, 0.1) is 0 Å². The zero-order valence-electron chi connectivity index (χ0n) is 16.3. The maximum absolute atomic E-state index is 6.46. The summed E-state index contributed by atoms with van der Waals surface area (Å²) in [5.41, 5.74) is 5.17. The Balaban J connectivity index is 1.66. The van der Waals surface area contributed by atoms with Gasteiger partial charge in [-0.2, -0.15) is 0 Å². The largest absolute Gasteiger partial charge is 0.492 e. The van der Waals surface area contributed by atoms with E-state index in [2.05, 4.69) is 56.2 Å². The first-order valence-electron chi connectivity index (χ1n) is 9.78. The Morgan fingerprint density at radius 3 is 2.77 bits per heavy atom. The first-order valence-corrected chi connectivity index (χ1v) is 10.9. The molecule has 3 aromatic carbocycles. The van der Waals surface area contributed by atoms with E-state index in [1.807, 2.05) is 49.4 Å². The first kappa shape index (κ1) is 19.2. The molecule has 30 heavy (non-hydrogen) atoms. The highest BCUT2D eigenvalue weighted by Crippen LogP contribution is 2.38. The molecule has 2 heterocycles. The number of fused-ring (bicyclic) bond motifs is 3. The molecule has 1 aromatic heterocycles. The van der Waals surface area contributed by atoms with Crippen molar-refractivity contribution in [1.29, 1.82) is 0 Å². The number of nitrogens with zero attached hydrogens (tertiary/aromatic N) is 2. The van der Waals surface area contributed by atoms with E-state index in [9.17, 15) is 0 Å². The number of ether oxygens (including phenoxy) is 1. The highest BCUT2D eigenvalue weighted by atomic mass is 79.9. The molecule has 1 aliphatic heterocycles. The van der Waals surface area contributed by atoms with Gasteiger partial charge in [-0.15, -0.1) is 0 Å². The Morgan fingerprint density at radius 1 is 1.10 bits per heavy atom. The van der Waals surface area contributed by atoms with Crippen molar-refractivity contribution < 1.29 is 4.74 Å². The molecule has 0 bridgehead atoms. The first-order chi connectivity index (χ1) is 14.6. The highest BCUT2D eigenvalue weighted by Gasteiger charge is 2.25. The van der Waals surface area contributed by atoms with E-state index in [0.717, 1.165) is 32.7 Å². The van der Waals surface area contributed by atoms with Gasteiger partial charge in [-0.25, -0.2) is 4.98 Å². The van der Waals surface area contributed by atoms with Gasteiger partial charge in [0.05, 0.1) is 28.7 Å². The van der Waals surface area contributed by atoms with E-state index in [1.165, 1.54) is 5.56 Å². The molecule has 6 heteroatoms. The Kier molecular flexibility index (Phi) is 5.01. The van der Waals surface area contributed by atoms with Gasteiger partial charge in [0.25, 0.3) is 0 Å². The molecule has 0 spiro atoms. The molecule has 4 nitrogen and oxygen atoms in total. The van der Waals surface area contributed by atoms with Gasteiger partial charge < -0.3 is 10.1 Å². The predicted octanol–water partition coefficient (Wildman–Crippen LogP) is 6.91. The average Bonchev–Trinajstić information content (AvgIpc) is 3.13. The quantitative estimate of drug-likeness (QED) is 0.345. The van der Waals surface area contributed by atoms with Crippen molar-refractivity contribution in [2.45, 2.75) is 13.0 Å². The van der Waals surface area contributed by atoms with Crippen LogP contribution in [-0.2, 0) is 0 Å². The lowest BCUT2D eigenvalue weighted by Gasteiger charge is -2.27. The third-order valence-corrected chi connectivity index (χ3v) is 5.97. The summed E-state index contributed by atoms with van der Waals surface area (Å²) in [7, 11) is 0. The molecule has 1 atom stereocenters. The van der Waals surface area contributed by atoms with Gasteiger partial charge >= 0.3 is 0 Å². The van der Waals surface area contributed by atoms with Gasteiger partial charge in [0.1, 0.15) is 5.75 Å². The molecular formula is C24H19BrClN3O. The fourth-order valence-corrected chi connectivity index (χ4v) is 4.51. The van der Waals surface area contributed by atoms with Gasteiger partial charge in [-0.1, -0.05) is 51.8 Å². The minimum absolute atomic E-state index is 0.00788. The lowest BCUT2D eigenvalue weighted by atomic mass is 10.0. The Hall–Kier alpha value is -2.76. The number of hydrogen-bond acceptors (Lipinski definition) is 3. The Labute approximate surface area is 188 Å². The van der Waals surface area contributed by atoms with Crippen LogP contribution in [0.5, 0.6) is 5.75 Å². The van der Waals surface area contributed by atoms with Crippen LogP contribution in [0.2, 0.25) is 5.02 Å². The molecule has 0 saturated heterocycles. The SMILES string of the molecule is CCOc1ccc(C2=C[C@@H](c3cccc(Br)c3)n3c(nc4ccccc43)N2)cc1Cl. The number of benzene rings is 3.